The number of aromatic nitrogens is 1. The van der Waals surface area contributed by atoms with Crippen LogP contribution in [-0.4, -0.2) is 49.2 Å². The van der Waals surface area contributed by atoms with Crippen LogP contribution >= 0.6 is 0 Å². The Hall–Kier alpha value is -3.05. The highest BCUT2D eigenvalue weighted by Crippen LogP contribution is 2.24. The molecule has 27 heavy (non-hydrogen) atoms. The number of pyridine rings is 1. The van der Waals surface area contributed by atoms with Gasteiger partial charge in [0.25, 0.3) is 5.91 Å². The fourth-order valence-electron chi connectivity index (χ4n) is 2.07. The van der Waals surface area contributed by atoms with Crippen LogP contribution in [-0.2, 0) is 14.8 Å². The van der Waals surface area contributed by atoms with Gasteiger partial charge < -0.3 is 20.2 Å². The molecule has 0 aliphatic rings. The number of rotatable bonds is 7. The Kier molecular flexibility index (Phi) is 6.08. The predicted molar refractivity (Wildman–Crippen MR) is 97.1 cm³/mol. The van der Waals surface area contributed by atoms with E-state index < -0.39 is 33.3 Å². The van der Waals surface area contributed by atoms with E-state index in [1.165, 1.54) is 44.6 Å². The number of nitro groups is 1. The van der Waals surface area contributed by atoms with E-state index in [1.807, 2.05) is 0 Å². The van der Waals surface area contributed by atoms with Crippen LogP contribution in [0.15, 0.2) is 41.4 Å². The first-order valence-corrected chi connectivity index (χ1v) is 9.12. The van der Waals surface area contributed by atoms with E-state index in [0.717, 1.165) is 4.31 Å². The summed E-state index contributed by atoms with van der Waals surface area (Å²) in [4.78, 5) is 25.9. The van der Waals surface area contributed by atoms with Crippen LogP contribution in [0.1, 0.15) is 5.56 Å². The van der Waals surface area contributed by atoms with Gasteiger partial charge in [0.15, 0.2) is 6.61 Å². The highest BCUT2D eigenvalue weighted by molar-refractivity contribution is 7.89. The molecule has 2 rings (SSSR count). The van der Waals surface area contributed by atoms with Gasteiger partial charge in [0, 0.05) is 19.8 Å². The highest BCUT2D eigenvalue weighted by Gasteiger charge is 2.20. The zero-order valence-corrected chi connectivity index (χ0v) is 15.7. The molecule has 0 spiro atoms. The van der Waals surface area contributed by atoms with Crippen LogP contribution in [0.2, 0.25) is 0 Å². The minimum Gasteiger partial charge on any atom is -0.476 e. The summed E-state index contributed by atoms with van der Waals surface area (Å²) in [6, 6.07) is 7.12. The lowest BCUT2D eigenvalue weighted by molar-refractivity contribution is -0.390. The first-order chi connectivity index (χ1) is 12.6. The summed E-state index contributed by atoms with van der Waals surface area (Å²) >= 11 is 0. The van der Waals surface area contributed by atoms with E-state index in [0.29, 0.717) is 11.3 Å². The third-order valence-electron chi connectivity index (χ3n) is 3.54. The molecule has 0 aliphatic carbocycles. The summed E-state index contributed by atoms with van der Waals surface area (Å²) in [5.74, 6) is -1.24. The molecule has 0 bridgehead atoms. The van der Waals surface area contributed by atoms with E-state index in [4.69, 9.17) is 4.74 Å². The van der Waals surface area contributed by atoms with Gasteiger partial charge in [-0.15, -0.1) is 0 Å². The minimum absolute atomic E-state index is 0.0252. The molecule has 0 aliphatic heterocycles. The molecule has 1 N–H and O–H groups in total. The molecule has 0 unspecified atom stereocenters. The van der Waals surface area contributed by atoms with Crippen molar-refractivity contribution in [3.05, 3.63) is 52.2 Å². The van der Waals surface area contributed by atoms with Gasteiger partial charge in [-0.2, -0.15) is 0 Å². The highest BCUT2D eigenvalue weighted by atomic mass is 32.2. The van der Waals surface area contributed by atoms with Gasteiger partial charge in [-0.05, 0) is 46.7 Å². The van der Waals surface area contributed by atoms with Crippen molar-refractivity contribution in [2.24, 2.45) is 0 Å². The molecule has 1 heterocycles. The van der Waals surface area contributed by atoms with Crippen LogP contribution in [0.3, 0.4) is 0 Å². The monoisotopic (exact) mass is 394 g/mol. The van der Waals surface area contributed by atoms with E-state index in [-0.39, 0.29) is 10.6 Å². The molecule has 11 heteroatoms. The van der Waals surface area contributed by atoms with Gasteiger partial charge >= 0.3 is 5.82 Å². The summed E-state index contributed by atoms with van der Waals surface area (Å²) in [6.45, 7) is 1.20. The number of nitrogens with zero attached hydrogens (tertiary/aromatic N) is 3. The number of amides is 1. The normalized spacial score (nSPS) is 11.3. The zero-order chi connectivity index (χ0) is 20.2. The average Bonchev–Trinajstić information content (AvgIpc) is 2.61. The molecular formula is C16H18N4O6S. The molecule has 0 fully saturated rings. The number of hydrogen-bond acceptors (Lipinski definition) is 7. The third kappa shape index (κ3) is 4.77. The standard InChI is InChI=1S/C16H18N4O6S/c1-11-6-7-12(27(24,25)19(2)3)9-13(11)18-15(21)10-26-14-5-4-8-17-16(14)20(22)23/h4-9H,10H2,1-3H3,(H,18,21). The molecule has 10 nitrogen and oxygen atoms in total. The Morgan fingerprint density at radius 2 is 2.04 bits per heavy atom. The van der Waals surface area contributed by atoms with E-state index in [2.05, 4.69) is 10.3 Å². The van der Waals surface area contributed by atoms with E-state index in [1.54, 1.807) is 13.0 Å². The molecule has 2 aromatic rings. The number of anilines is 1. The van der Waals surface area contributed by atoms with Crippen molar-refractivity contribution in [2.45, 2.75) is 11.8 Å². The second-order valence-electron chi connectivity index (χ2n) is 5.68. The lowest BCUT2D eigenvalue weighted by Gasteiger charge is -2.14. The molecule has 0 saturated carbocycles. The second kappa shape index (κ2) is 8.10. The average molecular weight is 394 g/mol. The Morgan fingerprint density at radius 1 is 1.33 bits per heavy atom. The van der Waals surface area contributed by atoms with Gasteiger partial charge in [-0.3, -0.25) is 4.79 Å². The van der Waals surface area contributed by atoms with Crippen LogP contribution in [0, 0.1) is 17.0 Å². The number of nitrogens with one attached hydrogen (secondary N) is 1. The van der Waals surface area contributed by atoms with Gasteiger partial charge in [0.1, 0.15) is 6.20 Å². The van der Waals surface area contributed by atoms with Crippen LogP contribution in [0.5, 0.6) is 5.75 Å². The molecule has 0 atom stereocenters. The van der Waals surface area contributed by atoms with Gasteiger partial charge in [0.2, 0.25) is 15.8 Å². The van der Waals surface area contributed by atoms with Gasteiger partial charge in [0.05, 0.1) is 4.90 Å². The molecular weight excluding hydrogens is 376 g/mol. The first kappa shape index (κ1) is 20.3. The summed E-state index contributed by atoms with van der Waals surface area (Å²) in [5, 5.41) is 13.4. The van der Waals surface area contributed by atoms with Crippen LogP contribution < -0.4 is 10.1 Å². The van der Waals surface area contributed by atoms with E-state index >= 15 is 0 Å². The summed E-state index contributed by atoms with van der Waals surface area (Å²) < 4.78 is 30.7. The number of carbonyl (C=O) groups is 1. The van der Waals surface area contributed by atoms with Crippen molar-refractivity contribution in [3.8, 4) is 5.75 Å². The smallest absolute Gasteiger partial charge is 0.406 e. The molecule has 0 radical (unpaired) electrons. The van der Waals surface area contributed by atoms with E-state index in [9.17, 15) is 23.3 Å². The first-order valence-electron chi connectivity index (χ1n) is 7.68. The molecule has 144 valence electrons. The van der Waals surface area contributed by atoms with Crippen molar-refractivity contribution >= 4 is 27.4 Å². The van der Waals surface area contributed by atoms with Crippen molar-refractivity contribution in [1.29, 1.82) is 0 Å². The van der Waals surface area contributed by atoms with Crippen LogP contribution in [0.4, 0.5) is 11.5 Å². The summed E-state index contributed by atoms with van der Waals surface area (Å²) in [7, 11) is -0.845. The van der Waals surface area contributed by atoms with Crippen LogP contribution in [0.25, 0.3) is 0 Å². The fourth-order valence-corrected chi connectivity index (χ4v) is 3.00. The maximum atomic E-state index is 12.2. The largest absolute Gasteiger partial charge is 0.476 e. The second-order valence-corrected chi connectivity index (χ2v) is 7.84. The number of hydrogen-bond donors (Lipinski definition) is 1. The fraction of sp³-hybridized carbons (Fsp3) is 0.250. The number of benzene rings is 1. The lowest BCUT2D eigenvalue weighted by Crippen LogP contribution is -2.23. The van der Waals surface area contributed by atoms with Gasteiger partial charge in [-0.25, -0.2) is 12.7 Å². The topological polar surface area (TPSA) is 132 Å². The van der Waals surface area contributed by atoms with Crippen molar-refractivity contribution < 1.29 is 22.9 Å². The Morgan fingerprint density at radius 3 is 2.67 bits per heavy atom. The number of sulfonamides is 1. The van der Waals surface area contributed by atoms with Crippen molar-refractivity contribution in [1.82, 2.24) is 9.29 Å². The maximum absolute atomic E-state index is 12.2. The molecule has 1 aromatic heterocycles. The van der Waals surface area contributed by atoms with Gasteiger partial charge in [-0.1, -0.05) is 6.07 Å². The molecule has 1 amide bonds. The molecule has 0 saturated heterocycles. The summed E-state index contributed by atoms with van der Waals surface area (Å²) in [5.41, 5.74) is 0.945. The number of aryl methyl sites for hydroxylation is 1. The van der Waals surface area contributed by atoms with Crippen molar-refractivity contribution in [3.63, 3.8) is 0 Å². The maximum Gasteiger partial charge on any atom is 0.406 e. The third-order valence-corrected chi connectivity index (χ3v) is 5.36. The SMILES string of the molecule is Cc1ccc(S(=O)(=O)N(C)C)cc1NC(=O)COc1cccnc1[N+](=O)[O-]. The predicted octanol–water partition coefficient (Wildman–Crippen LogP) is 1.57. The Bertz CT molecular complexity index is 975. The Labute approximate surface area is 156 Å². The van der Waals surface area contributed by atoms with Crippen molar-refractivity contribution in [2.75, 3.05) is 26.0 Å². The Balaban J connectivity index is 2.14. The molecule has 1 aromatic carbocycles. The summed E-state index contributed by atoms with van der Waals surface area (Å²) in [6.07, 6.45) is 1.24. The number of carbonyl (C=O) groups excluding carboxylic acids is 1. The lowest BCUT2D eigenvalue weighted by atomic mass is 10.2. The minimum atomic E-state index is -3.65. The quantitative estimate of drug-likeness (QED) is 0.557. The number of ether oxygens (including phenoxy) is 1. The zero-order valence-electron chi connectivity index (χ0n) is 14.9.